The van der Waals surface area contributed by atoms with Gasteiger partial charge in [0.2, 0.25) is 0 Å². The number of hydrogen-bond acceptors (Lipinski definition) is 7. The summed E-state index contributed by atoms with van der Waals surface area (Å²) < 4.78 is 32.9. The predicted octanol–water partition coefficient (Wildman–Crippen LogP) is 3.82. The highest BCUT2D eigenvalue weighted by atomic mass is 19.3. The van der Waals surface area contributed by atoms with Crippen LogP contribution >= 0.6 is 0 Å². The summed E-state index contributed by atoms with van der Waals surface area (Å²) in [5.74, 6) is -2.67. The molecule has 1 aliphatic heterocycles. The number of anilines is 1. The summed E-state index contributed by atoms with van der Waals surface area (Å²) in [6.45, 7) is 0.126. The van der Waals surface area contributed by atoms with Gasteiger partial charge in [-0.05, 0) is 18.2 Å². The third kappa shape index (κ3) is 5.08. The maximum atomic E-state index is 13.3. The predicted molar refractivity (Wildman–Crippen MR) is 120 cm³/mol. The largest absolute Gasteiger partial charge is 0.387 e. The summed E-state index contributed by atoms with van der Waals surface area (Å²) in [5.41, 5.74) is 2.84. The Kier molecular flexibility index (Phi) is 6.62. The van der Waals surface area contributed by atoms with Gasteiger partial charge in [-0.1, -0.05) is 5.16 Å². The van der Waals surface area contributed by atoms with Crippen LogP contribution in [-0.2, 0) is 0 Å². The van der Waals surface area contributed by atoms with Gasteiger partial charge in [-0.2, -0.15) is 0 Å². The summed E-state index contributed by atoms with van der Waals surface area (Å²) in [6, 6.07) is 7.06. The van der Waals surface area contributed by atoms with Gasteiger partial charge in [-0.15, -0.1) is 0 Å². The van der Waals surface area contributed by atoms with Crippen LogP contribution in [0.1, 0.15) is 33.8 Å². The molecule has 0 aliphatic carbocycles. The van der Waals surface area contributed by atoms with E-state index in [1.54, 1.807) is 18.5 Å². The molecule has 0 saturated carbocycles. The van der Waals surface area contributed by atoms with Gasteiger partial charge in [0.05, 0.1) is 35.5 Å². The number of nitrogens with one attached hydrogen (secondary N) is 1. The van der Waals surface area contributed by atoms with Crippen molar-refractivity contribution < 1.29 is 22.9 Å². The Bertz CT molecular complexity index is 1280. The summed E-state index contributed by atoms with van der Waals surface area (Å²) in [4.78, 5) is 32.5. The molecule has 9 nitrogen and oxygen atoms in total. The van der Waals surface area contributed by atoms with E-state index in [1.807, 2.05) is 29.9 Å². The van der Waals surface area contributed by atoms with Crippen molar-refractivity contribution >= 4 is 28.9 Å². The van der Waals surface area contributed by atoms with E-state index < -0.39 is 5.92 Å². The molecule has 0 radical (unpaired) electrons. The SMILES string of the molecule is CNc1cncc(-n2ccc3cc(C(=O)N4CCC(F)(F)CC4)cnc32)c1.O=Cc1ccno1. The summed E-state index contributed by atoms with van der Waals surface area (Å²) in [5, 5.41) is 7.13. The lowest BCUT2D eigenvalue weighted by Crippen LogP contribution is -2.42. The molecule has 1 saturated heterocycles. The number of alkyl halides is 2. The number of pyridine rings is 2. The number of rotatable bonds is 4. The van der Waals surface area contributed by atoms with Gasteiger partial charge >= 0.3 is 0 Å². The second-order valence-electron chi connectivity index (χ2n) is 7.69. The zero-order valence-electron chi connectivity index (χ0n) is 18.3. The summed E-state index contributed by atoms with van der Waals surface area (Å²) in [7, 11) is 1.82. The maximum absolute atomic E-state index is 13.3. The molecule has 0 bridgehead atoms. The Labute approximate surface area is 193 Å². The Morgan fingerprint density at radius 2 is 1.97 bits per heavy atom. The molecule has 34 heavy (non-hydrogen) atoms. The number of aromatic nitrogens is 4. The smallest absolute Gasteiger partial charge is 0.255 e. The third-order valence-corrected chi connectivity index (χ3v) is 5.42. The number of fused-ring (bicyclic) bond motifs is 1. The minimum atomic E-state index is -2.67. The fourth-order valence-electron chi connectivity index (χ4n) is 3.55. The van der Waals surface area contributed by atoms with Crippen LogP contribution in [0.4, 0.5) is 14.5 Å². The fourth-order valence-corrected chi connectivity index (χ4v) is 3.55. The van der Waals surface area contributed by atoms with Gasteiger partial charge in [0, 0.05) is 56.8 Å². The highest BCUT2D eigenvalue weighted by Crippen LogP contribution is 2.29. The van der Waals surface area contributed by atoms with Crippen LogP contribution in [0.15, 0.2) is 59.8 Å². The molecule has 0 spiro atoms. The molecule has 4 aromatic heterocycles. The lowest BCUT2D eigenvalue weighted by atomic mass is 10.1. The number of halogens is 2. The van der Waals surface area contributed by atoms with Crippen molar-refractivity contribution in [3.8, 4) is 5.69 Å². The molecule has 0 unspecified atom stereocenters. The highest BCUT2D eigenvalue weighted by Gasteiger charge is 2.35. The summed E-state index contributed by atoms with van der Waals surface area (Å²) in [6.07, 6.45) is 8.26. The van der Waals surface area contributed by atoms with E-state index in [-0.39, 0.29) is 37.6 Å². The van der Waals surface area contributed by atoms with Gasteiger partial charge in [0.1, 0.15) is 5.65 Å². The van der Waals surface area contributed by atoms with Crippen molar-refractivity contribution in [2.45, 2.75) is 18.8 Å². The quantitative estimate of drug-likeness (QED) is 0.454. The van der Waals surface area contributed by atoms with Crippen molar-refractivity contribution in [3.63, 3.8) is 0 Å². The van der Waals surface area contributed by atoms with Gasteiger partial charge in [0.25, 0.3) is 11.8 Å². The summed E-state index contributed by atoms with van der Waals surface area (Å²) >= 11 is 0. The molecule has 1 aliphatic rings. The van der Waals surface area contributed by atoms with E-state index in [1.165, 1.54) is 23.4 Å². The molecule has 1 N–H and O–H groups in total. The van der Waals surface area contributed by atoms with Gasteiger partial charge < -0.3 is 14.7 Å². The van der Waals surface area contributed by atoms with Gasteiger partial charge in [-0.25, -0.2) is 13.8 Å². The van der Waals surface area contributed by atoms with Crippen LogP contribution in [0.5, 0.6) is 0 Å². The monoisotopic (exact) mass is 468 g/mol. The van der Waals surface area contributed by atoms with Crippen LogP contribution in [0.25, 0.3) is 16.7 Å². The normalized spacial score (nSPS) is 14.9. The minimum Gasteiger partial charge on any atom is -0.387 e. The van der Waals surface area contributed by atoms with E-state index in [2.05, 4.69) is 25.0 Å². The number of likely N-dealkylation sites (tertiary alicyclic amines) is 1. The number of carbonyl (C=O) groups is 2. The first-order valence-corrected chi connectivity index (χ1v) is 10.5. The van der Waals surface area contributed by atoms with E-state index in [4.69, 9.17) is 0 Å². The first kappa shape index (κ1) is 23.0. The number of piperidine rings is 1. The molecule has 5 rings (SSSR count). The van der Waals surface area contributed by atoms with Crippen molar-refractivity contribution in [2.24, 2.45) is 0 Å². The number of hydrogen-bond donors (Lipinski definition) is 1. The maximum Gasteiger partial charge on any atom is 0.255 e. The first-order chi connectivity index (χ1) is 16.4. The zero-order chi connectivity index (χ0) is 24.1. The second kappa shape index (κ2) is 9.77. The Morgan fingerprint density at radius 1 is 1.18 bits per heavy atom. The average molecular weight is 468 g/mol. The van der Waals surface area contributed by atoms with E-state index in [0.29, 0.717) is 17.5 Å². The van der Waals surface area contributed by atoms with Crippen molar-refractivity contribution in [1.29, 1.82) is 0 Å². The lowest BCUT2D eigenvalue weighted by molar-refractivity contribution is -0.0494. The Hall–Kier alpha value is -4.15. The van der Waals surface area contributed by atoms with Crippen LogP contribution in [-0.4, -0.2) is 62.8 Å². The molecule has 0 aromatic carbocycles. The van der Waals surface area contributed by atoms with E-state index in [9.17, 15) is 18.4 Å². The van der Waals surface area contributed by atoms with Crippen molar-refractivity contribution in [3.05, 3.63) is 66.6 Å². The molecule has 176 valence electrons. The second-order valence-corrected chi connectivity index (χ2v) is 7.69. The highest BCUT2D eigenvalue weighted by molar-refractivity contribution is 5.97. The van der Waals surface area contributed by atoms with Crippen molar-refractivity contribution in [2.75, 3.05) is 25.5 Å². The minimum absolute atomic E-state index is 0.0629. The number of carbonyl (C=O) groups excluding carboxylic acids is 2. The molecule has 5 heterocycles. The standard InChI is InChI=1S/C19H19F2N5O.C4H3NO2/c1-22-15-9-16(12-23-11-15)26-5-2-13-8-14(10-24-17(13)26)18(27)25-6-3-19(20,21)4-7-25;6-3-4-1-2-5-7-4/h2,5,8-12,22H,3-4,6-7H2,1H3;1-3H. The molecular weight excluding hydrogens is 446 g/mol. The molecule has 11 heteroatoms. The fraction of sp³-hybridized carbons (Fsp3) is 0.261. The zero-order valence-corrected chi connectivity index (χ0v) is 18.3. The van der Waals surface area contributed by atoms with Crippen LogP contribution in [0, 0.1) is 0 Å². The Morgan fingerprint density at radius 3 is 2.62 bits per heavy atom. The molecule has 4 aromatic rings. The number of amides is 1. The van der Waals surface area contributed by atoms with E-state index in [0.717, 1.165) is 16.8 Å². The van der Waals surface area contributed by atoms with Crippen LogP contribution in [0.2, 0.25) is 0 Å². The molecular formula is C23H22F2N6O3. The van der Waals surface area contributed by atoms with Gasteiger partial charge in [-0.3, -0.25) is 19.1 Å². The number of aldehydes is 1. The number of nitrogens with zero attached hydrogens (tertiary/aromatic N) is 5. The van der Waals surface area contributed by atoms with Gasteiger partial charge in [0.15, 0.2) is 12.0 Å². The topological polar surface area (TPSA) is 106 Å². The Balaban J connectivity index is 0.000000336. The molecule has 1 amide bonds. The van der Waals surface area contributed by atoms with E-state index >= 15 is 0 Å². The molecule has 0 atom stereocenters. The van der Waals surface area contributed by atoms with Crippen LogP contribution in [0.3, 0.4) is 0 Å². The van der Waals surface area contributed by atoms with Crippen molar-refractivity contribution in [1.82, 2.24) is 24.6 Å². The molecule has 1 fully saturated rings. The first-order valence-electron chi connectivity index (χ1n) is 10.5. The lowest BCUT2D eigenvalue weighted by Gasteiger charge is -2.31. The third-order valence-electron chi connectivity index (χ3n) is 5.42. The van der Waals surface area contributed by atoms with Crippen LogP contribution < -0.4 is 5.32 Å². The average Bonchev–Trinajstić information content (AvgIpc) is 3.53.